The van der Waals surface area contributed by atoms with Gasteiger partial charge >= 0.3 is 5.97 Å². The fourth-order valence-electron chi connectivity index (χ4n) is 2.16. The van der Waals surface area contributed by atoms with E-state index >= 15 is 0 Å². The van der Waals surface area contributed by atoms with Crippen LogP contribution in [-0.4, -0.2) is 33.8 Å². The van der Waals surface area contributed by atoms with Crippen LogP contribution in [0, 0.1) is 12.3 Å². The lowest BCUT2D eigenvalue weighted by molar-refractivity contribution is -0.177. The number of hydrogen-bond donors (Lipinski definition) is 0. The molecule has 0 aromatic heterocycles. The predicted molar refractivity (Wildman–Crippen MR) is 94.1 cm³/mol. The Hall–Kier alpha value is -1.33. The summed E-state index contributed by atoms with van der Waals surface area (Å²) in [6.07, 6.45) is 0. The number of hydrogen-bond acceptors (Lipinski definition) is 4. The first-order chi connectivity index (χ1) is 10.6. The van der Waals surface area contributed by atoms with Crippen LogP contribution in [-0.2, 0) is 14.0 Å². The normalized spacial score (nSPS) is 14.4. The minimum atomic E-state index is -1.18. The Bertz CT molecular complexity index is 522. The van der Waals surface area contributed by atoms with Crippen LogP contribution < -0.4 is 4.74 Å². The SMILES string of the molecule is CCOC(=O)C(CO[Si](C)C)(Oc1ccccc1C)C(C)(C)C. The average Bonchev–Trinajstić information content (AvgIpc) is 2.44. The molecule has 1 rings (SSSR count). The number of ether oxygens (including phenoxy) is 2. The highest BCUT2D eigenvalue weighted by Gasteiger charge is 2.53. The molecular formula is C18H29O4Si. The molecule has 23 heavy (non-hydrogen) atoms. The molecule has 4 nitrogen and oxygen atoms in total. The van der Waals surface area contributed by atoms with Crippen LogP contribution in [0.3, 0.4) is 0 Å². The van der Waals surface area contributed by atoms with Gasteiger partial charge in [-0.05, 0) is 38.6 Å². The number of benzene rings is 1. The summed E-state index contributed by atoms with van der Waals surface area (Å²) in [7, 11) is -0.964. The summed E-state index contributed by atoms with van der Waals surface area (Å²) in [6.45, 7) is 14.3. The van der Waals surface area contributed by atoms with E-state index in [2.05, 4.69) is 0 Å². The smallest absolute Gasteiger partial charge is 0.353 e. The summed E-state index contributed by atoms with van der Waals surface area (Å²) in [5.41, 5.74) is -0.695. The Kier molecular flexibility index (Phi) is 6.83. The molecule has 0 saturated carbocycles. The lowest BCUT2D eigenvalue weighted by atomic mass is 9.76. The second kappa shape index (κ2) is 7.97. The number of aryl methyl sites for hydroxylation is 1. The number of carbonyl (C=O) groups is 1. The molecule has 1 unspecified atom stereocenters. The third-order valence-electron chi connectivity index (χ3n) is 3.76. The molecular weight excluding hydrogens is 308 g/mol. The van der Waals surface area contributed by atoms with Crippen molar-refractivity contribution in [2.24, 2.45) is 5.41 Å². The van der Waals surface area contributed by atoms with Crippen molar-refractivity contribution in [2.45, 2.75) is 53.3 Å². The molecule has 0 amide bonds. The molecule has 0 saturated heterocycles. The van der Waals surface area contributed by atoms with Crippen LogP contribution in [0.25, 0.3) is 0 Å². The van der Waals surface area contributed by atoms with Crippen molar-refractivity contribution in [1.29, 1.82) is 0 Å². The van der Waals surface area contributed by atoms with Crippen molar-refractivity contribution >= 4 is 15.0 Å². The van der Waals surface area contributed by atoms with Gasteiger partial charge in [-0.1, -0.05) is 39.0 Å². The highest BCUT2D eigenvalue weighted by atomic mass is 28.3. The van der Waals surface area contributed by atoms with Crippen LogP contribution in [0.2, 0.25) is 13.1 Å². The summed E-state index contributed by atoms with van der Waals surface area (Å²) in [5.74, 6) is 0.305. The zero-order chi connectivity index (χ0) is 17.7. The zero-order valence-corrected chi connectivity index (χ0v) is 16.4. The number of carbonyl (C=O) groups excluding carboxylic acids is 1. The van der Waals surface area contributed by atoms with Crippen molar-refractivity contribution in [3.05, 3.63) is 29.8 Å². The van der Waals surface area contributed by atoms with Crippen LogP contribution >= 0.6 is 0 Å². The quantitative estimate of drug-likeness (QED) is 0.557. The second-order valence-corrected chi connectivity index (χ2v) is 8.97. The first-order valence-electron chi connectivity index (χ1n) is 7.99. The van der Waals surface area contributed by atoms with Gasteiger partial charge in [0.2, 0.25) is 14.6 Å². The minimum Gasteiger partial charge on any atom is -0.472 e. The monoisotopic (exact) mass is 337 g/mol. The van der Waals surface area contributed by atoms with E-state index in [0.29, 0.717) is 12.4 Å². The Morgan fingerprint density at radius 1 is 1.17 bits per heavy atom. The molecule has 1 aromatic rings. The van der Waals surface area contributed by atoms with Gasteiger partial charge in [0, 0.05) is 5.41 Å². The summed E-state index contributed by atoms with van der Waals surface area (Å²) < 4.78 is 17.5. The van der Waals surface area contributed by atoms with E-state index in [1.807, 2.05) is 65.1 Å². The zero-order valence-electron chi connectivity index (χ0n) is 15.4. The molecule has 129 valence electrons. The molecule has 0 fully saturated rings. The van der Waals surface area contributed by atoms with Crippen molar-refractivity contribution < 1.29 is 18.7 Å². The van der Waals surface area contributed by atoms with E-state index in [9.17, 15) is 4.79 Å². The molecule has 1 aromatic carbocycles. The molecule has 0 spiro atoms. The van der Waals surface area contributed by atoms with Crippen LogP contribution in [0.5, 0.6) is 5.75 Å². The molecule has 0 aliphatic heterocycles. The van der Waals surface area contributed by atoms with Gasteiger partial charge in [0.25, 0.3) is 0 Å². The predicted octanol–water partition coefficient (Wildman–Crippen LogP) is 3.99. The average molecular weight is 338 g/mol. The first kappa shape index (κ1) is 19.7. The first-order valence-corrected chi connectivity index (χ1v) is 10.4. The maximum absolute atomic E-state index is 12.8. The maximum atomic E-state index is 12.8. The molecule has 5 heteroatoms. The van der Waals surface area contributed by atoms with E-state index < -0.39 is 20.1 Å². The molecule has 0 aliphatic carbocycles. The van der Waals surface area contributed by atoms with Crippen molar-refractivity contribution in [3.63, 3.8) is 0 Å². The highest BCUT2D eigenvalue weighted by Crippen LogP contribution is 2.38. The van der Waals surface area contributed by atoms with Gasteiger partial charge in [-0.25, -0.2) is 4.79 Å². The molecule has 0 bridgehead atoms. The summed E-state index contributed by atoms with van der Waals surface area (Å²) in [5, 5.41) is 0. The van der Waals surface area contributed by atoms with E-state index in [-0.39, 0.29) is 12.6 Å². The van der Waals surface area contributed by atoms with Gasteiger partial charge < -0.3 is 13.9 Å². The van der Waals surface area contributed by atoms with Crippen LogP contribution in [0.1, 0.15) is 33.3 Å². The van der Waals surface area contributed by atoms with Gasteiger partial charge in [-0.15, -0.1) is 0 Å². The van der Waals surface area contributed by atoms with E-state index in [1.54, 1.807) is 6.92 Å². The fourth-order valence-corrected chi connectivity index (χ4v) is 2.65. The Morgan fingerprint density at radius 2 is 1.78 bits per heavy atom. The molecule has 0 aliphatic rings. The van der Waals surface area contributed by atoms with E-state index in [0.717, 1.165) is 5.56 Å². The van der Waals surface area contributed by atoms with Gasteiger partial charge in [0.1, 0.15) is 5.75 Å². The van der Waals surface area contributed by atoms with Crippen LogP contribution in [0.4, 0.5) is 0 Å². The Morgan fingerprint density at radius 3 is 2.26 bits per heavy atom. The van der Waals surface area contributed by atoms with Crippen molar-refractivity contribution in [2.75, 3.05) is 13.2 Å². The van der Waals surface area contributed by atoms with E-state index in [1.165, 1.54) is 0 Å². The summed E-state index contributed by atoms with van der Waals surface area (Å²) >= 11 is 0. The standard InChI is InChI=1S/C18H29O4Si/c1-8-20-16(19)18(17(3,4)5,13-21-23(6)7)22-15-12-10-9-11-14(15)2/h9-12H,8,13H2,1-7H3. The second-order valence-electron chi connectivity index (χ2n) is 6.86. The van der Waals surface area contributed by atoms with Crippen LogP contribution in [0.15, 0.2) is 24.3 Å². The Balaban J connectivity index is 3.30. The third kappa shape index (κ3) is 4.82. The molecule has 1 radical (unpaired) electrons. The number of rotatable bonds is 7. The van der Waals surface area contributed by atoms with E-state index in [4.69, 9.17) is 13.9 Å². The summed E-state index contributed by atoms with van der Waals surface area (Å²) in [6, 6.07) is 7.68. The maximum Gasteiger partial charge on any atom is 0.353 e. The van der Waals surface area contributed by atoms with Crippen molar-refractivity contribution in [1.82, 2.24) is 0 Å². The minimum absolute atomic E-state index is 0.185. The largest absolute Gasteiger partial charge is 0.472 e. The fraction of sp³-hybridized carbons (Fsp3) is 0.611. The van der Waals surface area contributed by atoms with Gasteiger partial charge in [0.15, 0.2) is 0 Å². The van der Waals surface area contributed by atoms with Gasteiger partial charge in [-0.2, -0.15) is 0 Å². The molecule has 0 heterocycles. The van der Waals surface area contributed by atoms with Gasteiger partial charge in [0.05, 0.1) is 13.2 Å². The third-order valence-corrected chi connectivity index (χ3v) is 4.48. The summed E-state index contributed by atoms with van der Waals surface area (Å²) in [4.78, 5) is 12.8. The molecule has 0 N–H and O–H groups in total. The Labute approximate surface area is 141 Å². The highest BCUT2D eigenvalue weighted by molar-refractivity contribution is 6.48. The lowest BCUT2D eigenvalue weighted by Gasteiger charge is -2.42. The molecule has 1 atom stereocenters. The number of esters is 1. The topological polar surface area (TPSA) is 44.8 Å². The van der Waals surface area contributed by atoms with Crippen molar-refractivity contribution in [3.8, 4) is 5.75 Å². The number of para-hydroxylation sites is 1. The van der Waals surface area contributed by atoms with Gasteiger partial charge in [-0.3, -0.25) is 0 Å². The lowest BCUT2D eigenvalue weighted by Crippen LogP contribution is -2.59.